The molecule has 8 nitrogen and oxygen atoms in total. The van der Waals surface area contributed by atoms with Crippen molar-refractivity contribution in [2.75, 3.05) is 11.9 Å². The zero-order chi connectivity index (χ0) is 25.2. The van der Waals surface area contributed by atoms with E-state index in [9.17, 15) is 20.2 Å². The first-order valence-electron chi connectivity index (χ1n) is 11.1. The maximum atomic E-state index is 12.7. The lowest BCUT2D eigenvalue weighted by Crippen LogP contribution is -2.14. The number of nitrogens with zero attached hydrogens (tertiary/aromatic N) is 2. The molecule has 0 unspecified atom stereocenters. The molecule has 0 saturated carbocycles. The monoisotopic (exact) mass is 471 g/mol. The summed E-state index contributed by atoms with van der Waals surface area (Å²) in [5, 5.41) is 23.2. The second kappa shape index (κ2) is 12.0. The standard InChI is InChI=1S/C27H25N3O5/c1-3-21-7-5-6-8-24(21)29-27(31)22(17-28)15-20-11-14-25(26(16-20)34-4-2)35-18-19-9-12-23(13-10-19)30(32)33/h5-16H,3-4,18H2,1-2H3,(H,29,31)/b22-15+. The largest absolute Gasteiger partial charge is 0.490 e. The number of rotatable bonds is 10. The molecule has 1 N–H and O–H groups in total. The number of non-ortho nitro benzene ring substituents is 1. The molecule has 0 aliphatic heterocycles. The highest BCUT2D eigenvalue weighted by molar-refractivity contribution is 6.10. The molecule has 0 atom stereocenters. The number of nitro benzene ring substituents is 1. The van der Waals surface area contributed by atoms with E-state index in [4.69, 9.17) is 9.47 Å². The van der Waals surface area contributed by atoms with E-state index in [-0.39, 0.29) is 17.9 Å². The van der Waals surface area contributed by atoms with Crippen LogP contribution in [-0.4, -0.2) is 17.4 Å². The van der Waals surface area contributed by atoms with Crippen LogP contribution in [0.2, 0.25) is 0 Å². The van der Waals surface area contributed by atoms with Crippen molar-refractivity contribution in [2.24, 2.45) is 0 Å². The molecular formula is C27H25N3O5. The highest BCUT2D eigenvalue weighted by atomic mass is 16.6. The Hall–Kier alpha value is -4.64. The van der Waals surface area contributed by atoms with Crippen molar-refractivity contribution in [3.63, 3.8) is 0 Å². The summed E-state index contributed by atoms with van der Waals surface area (Å²) in [4.78, 5) is 23.1. The number of anilines is 1. The number of carbonyl (C=O) groups is 1. The van der Waals surface area contributed by atoms with Crippen LogP contribution in [0.1, 0.15) is 30.5 Å². The van der Waals surface area contributed by atoms with Crippen molar-refractivity contribution < 1.29 is 19.2 Å². The van der Waals surface area contributed by atoms with E-state index in [2.05, 4.69) is 5.32 Å². The van der Waals surface area contributed by atoms with Crippen LogP contribution >= 0.6 is 0 Å². The fourth-order valence-corrected chi connectivity index (χ4v) is 3.33. The molecule has 0 aromatic heterocycles. The predicted octanol–water partition coefficient (Wildman–Crippen LogP) is 5.68. The van der Waals surface area contributed by atoms with Crippen LogP contribution in [0.15, 0.2) is 72.3 Å². The lowest BCUT2D eigenvalue weighted by Gasteiger charge is -2.13. The van der Waals surface area contributed by atoms with Crippen molar-refractivity contribution in [3.05, 3.63) is 99.1 Å². The number of carbonyl (C=O) groups excluding carboxylic acids is 1. The van der Waals surface area contributed by atoms with Crippen molar-refractivity contribution in [1.82, 2.24) is 0 Å². The van der Waals surface area contributed by atoms with Gasteiger partial charge in [0.1, 0.15) is 18.2 Å². The summed E-state index contributed by atoms with van der Waals surface area (Å²) >= 11 is 0. The van der Waals surface area contributed by atoms with Gasteiger partial charge in [-0.05, 0) is 66.4 Å². The SMILES string of the molecule is CCOc1cc(/C=C(\C#N)C(=O)Nc2ccccc2CC)ccc1OCc1ccc([N+](=O)[O-])cc1. The number of amides is 1. The molecule has 0 saturated heterocycles. The third-order valence-electron chi connectivity index (χ3n) is 5.13. The van der Waals surface area contributed by atoms with Gasteiger partial charge >= 0.3 is 0 Å². The molecule has 0 fully saturated rings. The third-order valence-corrected chi connectivity index (χ3v) is 5.13. The topological polar surface area (TPSA) is 114 Å². The van der Waals surface area contributed by atoms with Crippen molar-refractivity contribution >= 4 is 23.4 Å². The van der Waals surface area contributed by atoms with Crippen LogP contribution in [0.4, 0.5) is 11.4 Å². The zero-order valence-corrected chi connectivity index (χ0v) is 19.5. The van der Waals surface area contributed by atoms with E-state index < -0.39 is 10.8 Å². The Bertz CT molecular complexity index is 1280. The molecule has 178 valence electrons. The van der Waals surface area contributed by atoms with Crippen LogP contribution in [0.25, 0.3) is 6.08 Å². The number of nitrogens with one attached hydrogen (secondary N) is 1. The van der Waals surface area contributed by atoms with Crippen molar-refractivity contribution in [1.29, 1.82) is 5.26 Å². The average Bonchev–Trinajstić information content (AvgIpc) is 2.87. The van der Waals surface area contributed by atoms with Gasteiger partial charge in [-0.2, -0.15) is 5.26 Å². The van der Waals surface area contributed by atoms with Crippen LogP contribution in [0.3, 0.4) is 0 Å². The lowest BCUT2D eigenvalue weighted by molar-refractivity contribution is -0.384. The Morgan fingerprint density at radius 1 is 1.06 bits per heavy atom. The minimum atomic E-state index is -0.496. The molecule has 0 aliphatic rings. The lowest BCUT2D eigenvalue weighted by atomic mass is 10.1. The second-order valence-electron chi connectivity index (χ2n) is 7.49. The molecule has 3 rings (SSSR count). The molecule has 1 amide bonds. The van der Waals surface area contributed by atoms with Gasteiger partial charge in [0.2, 0.25) is 0 Å². The molecule has 0 aliphatic carbocycles. The minimum absolute atomic E-state index is 0.00964. The molecule has 3 aromatic carbocycles. The number of hydrogen-bond donors (Lipinski definition) is 1. The van der Waals surface area contributed by atoms with Gasteiger partial charge in [0.15, 0.2) is 11.5 Å². The van der Waals surface area contributed by atoms with Gasteiger partial charge < -0.3 is 14.8 Å². The van der Waals surface area contributed by atoms with E-state index in [0.29, 0.717) is 29.4 Å². The molecule has 0 heterocycles. The molecule has 8 heteroatoms. The van der Waals surface area contributed by atoms with Gasteiger partial charge in [-0.15, -0.1) is 0 Å². The van der Waals surface area contributed by atoms with Crippen LogP contribution in [0.5, 0.6) is 11.5 Å². The predicted molar refractivity (Wildman–Crippen MR) is 133 cm³/mol. The van der Waals surface area contributed by atoms with Crippen molar-refractivity contribution in [3.8, 4) is 17.6 Å². The number of aryl methyl sites for hydroxylation is 1. The normalized spacial score (nSPS) is 10.8. The number of nitriles is 1. The van der Waals surface area contributed by atoms with Gasteiger partial charge in [0.25, 0.3) is 11.6 Å². The Kier molecular flexibility index (Phi) is 8.57. The Morgan fingerprint density at radius 3 is 2.46 bits per heavy atom. The summed E-state index contributed by atoms with van der Waals surface area (Å²) in [7, 11) is 0. The van der Waals surface area contributed by atoms with Crippen LogP contribution in [-0.2, 0) is 17.8 Å². The summed E-state index contributed by atoms with van der Waals surface area (Å²) in [6.45, 7) is 4.41. The first-order valence-corrected chi connectivity index (χ1v) is 11.1. The first kappa shape index (κ1) is 25.0. The smallest absolute Gasteiger partial charge is 0.269 e. The fraction of sp³-hybridized carbons (Fsp3) is 0.185. The first-order chi connectivity index (χ1) is 16.9. The highest BCUT2D eigenvalue weighted by Crippen LogP contribution is 2.30. The molecule has 35 heavy (non-hydrogen) atoms. The van der Waals surface area contributed by atoms with Gasteiger partial charge in [-0.25, -0.2) is 0 Å². The second-order valence-corrected chi connectivity index (χ2v) is 7.49. The van der Waals surface area contributed by atoms with E-state index in [0.717, 1.165) is 17.5 Å². The third kappa shape index (κ3) is 6.68. The van der Waals surface area contributed by atoms with Crippen molar-refractivity contribution in [2.45, 2.75) is 26.9 Å². The van der Waals surface area contributed by atoms with E-state index in [1.165, 1.54) is 18.2 Å². The molecule has 0 bridgehead atoms. The number of hydrogen-bond acceptors (Lipinski definition) is 6. The average molecular weight is 472 g/mol. The minimum Gasteiger partial charge on any atom is -0.490 e. The Morgan fingerprint density at radius 2 is 1.80 bits per heavy atom. The maximum absolute atomic E-state index is 12.7. The number of para-hydroxylation sites is 1. The zero-order valence-electron chi connectivity index (χ0n) is 19.5. The number of nitro groups is 1. The van der Waals surface area contributed by atoms with Gasteiger partial charge in [-0.3, -0.25) is 14.9 Å². The summed E-state index contributed by atoms with van der Waals surface area (Å²) in [5.74, 6) is 0.434. The van der Waals surface area contributed by atoms with Gasteiger partial charge in [0.05, 0.1) is 11.5 Å². The molecule has 0 radical (unpaired) electrons. The highest BCUT2D eigenvalue weighted by Gasteiger charge is 2.13. The van der Waals surface area contributed by atoms with Crippen LogP contribution < -0.4 is 14.8 Å². The summed E-state index contributed by atoms with van der Waals surface area (Å²) < 4.78 is 11.5. The van der Waals surface area contributed by atoms with E-state index in [1.54, 1.807) is 36.4 Å². The Balaban J connectivity index is 1.77. The quantitative estimate of drug-likeness (QED) is 0.176. The maximum Gasteiger partial charge on any atom is 0.269 e. The molecule has 3 aromatic rings. The van der Waals surface area contributed by atoms with Gasteiger partial charge in [-0.1, -0.05) is 31.2 Å². The van der Waals surface area contributed by atoms with E-state index in [1.807, 2.05) is 38.1 Å². The number of benzene rings is 3. The molecular weight excluding hydrogens is 446 g/mol. The van der Waals surface area contributed by atoms with Gasteiger partial charge in [0, 0.05) is 17.8 Å². The molecule has 0 spiro atoms. The summed E-state index contributed by atoms with van der Waals surface area (Å²) in [6.07, 6.45) is 2.24. The number of ether oxygens (including phenoxy) is 2. The van der Waals surface area contributed by atoms with Crippen LogP contribution in [0, 0.1) is 21.4 Å². The summed E-state index contributed by atoms with van der Waals surface area (Å²) in [6, 6.07) is 20.6. The fourth-order valence-electron chi connectivity index (χ4n) is 3.33. The van der Waals surface area contributed by atoms with E-state index >= 15 is 0 Å². The Labute approximate surface area is 203 Å². The summed E-state index contributed by atoms with van der Waals surface area (Å²) in [5.41, 5.74) is 2.98.